The molecule has 5 nitrogen and oxygen atoms in total. The molecule has 0 bridgehead atoms. The van der Waals surface area contributed by atoms with Crippen LogP contribution in [0.1, 0.15) is 71.6 Å². The highest BCUT2D eigenvalue weighted by Gasteiger charge is 2.02. The predicted molar refractivity (Wildman–Crippen MR) is 103 cm³/mol. The maximum atomic E-state index is 11.4. The van der Waals surface area contributed by atoms with Gasteiger partial charge in [0.05, 0.1) is 6.10 Å². The third kappa shape index (κ3) is 17.6. The van der Waals surface area contributed by atoms with Gasteiger partial charge < -0.3 is 15.4 Å². The van der Waals surface area contributed by atoms with E-state index in [9.17, 15) is 9.59 Å². The summed E-state index contributed by atoms with van der Waals surface area (Å²) in [5.41, 5.74) is 0. The normalized spacial score (nSPS) is 10.8. The van der Waals surface area contributed by atoms with Crippen LogP contribution in [0, 0.1) is 0 Å². The average Bonchev–Trinajstić information content (AvgIpc) is 2.56. The molecule has 24 heavy (non-hydrogen) atoms. The van der Waals surface area contributed by atoms with Crippen molar-refractivity contribution in [2.75, 3.05) is 26.0 Å². The Balaban J connectivity index is 3.15. The van der Waals surface area contributed by atoms with Crippen molar-refractivity contribution < 1.29 is 14.3 Å². The standard InChI is InChI=1S/C18H36N2O3S/c1-16(2)23-15-17(21)19-13-11-9-7-5-4-6-8-10-12-14-20-18(22)24-3/h16H,4-15H2,1-3H3,(H,19,21)(H,20,22). The lowest BCUT2D eigenvalue weighted by Crippen LogP contribution is -2.29. The second kappa shape index (κ2) is 17.1. The summed E-state index contributed by atoms with van der Waals surface area (Å²) in [6.07, 6.45) is 12.7. The summed E-state index contributed by atoms with van der Waals surface area (Å²) in [6, 6.07) is 0. The molecule has 0 atom stereocenters. The minimum absolute atomic E-state index is 0.0163. The van der Waals surface area contributed by atoms with Gasteiger partial charge in [-0.25, -0.2) is 0 Å². The Kier molecular flexibility index (Phi) is 16.6. The lowest BCUT2D eigenvalue weighted by molar-refractivity contribution is -0.127. The van der Waals surface area contributed by atoms with Crippen molar-refractivity contribution in [3.8, 4) is 0 Å². The molecule has 0 saturated carbocycles. The molecule has 0 heterocycles. The molecule has 0 radical (unpaired) electrons. The maximum absolute atomic E-state index is 11.4. The Morgan fingerprint density at radius 1 is 0.833 bits per heavy atom. The third-order valence-corrected chi connectivity index (χ3v) is 4.19. The summed E-state index contributed by atoms with van der Waals surface area (Å²) in [7, 11) is 0. The van der Waals surface area contributed by atoms with Crippen LogP contribution in [0.2, 0.25) is 0 Å². The zero-order valence-electron chi connectivity index (χ0n) is 15.7. The SMILES string of the molecule is CSC(=O)NCCCCCCCCCCCNC(=O)COC(C)C. The number of ether oxygens (including phenoxy) is 1. The van der Waals surface area contributed by atoms with Crippen molar-refractivity contribution >= 4 is 22.9 Å². The third-order valence-electron chi connectivity index (χ3n) is 3.68. The van der Waals surface area contributed by atoms with Crippen LogP contribution in [0.4, 0.5) is 4.79 Å². The summed E-state index contributed by atoms with van der Waals surface area (Å²) in [5.74, 6) is -0.0163. The zero-order chi connectivity index (χ0) is 18.0. The van der Waals surface area contributed by atoms with Gasteiger partial charge in [0, 0.05) is 13.1 Å². The van der Waals surface area contributed by atoms with Crippen LogP contribution in [0.5, 0.6) is 0 Å². The molecule has 0 aliphatic rings. The van der Waals surface area contributed by atoms with E-state index in [1.807, 2.05) is 13.8 Å². The molecule has 0 fully saturated rings. The molecule has 0 aromatic rings. The van der Waals surface area contributed by atoms with E-state index in [1.54, 1.807) is 6.26 Å². The second-order valence-electron chi connectivity index (χ2n) is 6.31. The molecule has 0 aromatic carbocycles. The summed E-state index contributed by atoms with van der Waals surface area (Å²) in [6.45, 7) is 5.57. The van der Waals surface area contributed by atoms with E-state index >= 15 is 0 Å². The molecule has 0 unspecified atom stereocenters. The van der Waals surface area contributed by atoms with Gasteiger partial charge in [-0.1, -0.05) is 56.7 Å². The van der Waals surface area contributed by atoms with Crippen LogP contribution >= 0.6 is 11.8 Å². The molecule has 0 spiro atoms. The van der Waals surface area contributed by atoms with Crippen molar-refractivity contribution in [3.05, 3.63) is 0 Å². The Hall–Kier alpha value is -0.750. The van der Waals surface area contributed by atoms with E-state index in [0.29, 0.717) is 0 Å². The Morgan fingerprint density at radius 3 is 1.75 bits per heavy atom. The minimum atomic E-state index is -0.0163. The van der Waals surface area contributed by atoms with Crippen LogP contribution in [0.3, 0.4) is 0 Å². The molecule has 2 amide bonds. The van der Waals surface area contributed by atoms with Gasteiger partial charge in [-0.15, -0.1) is 0 Å². The zero-order valence-corrected chi connectivity index (χ0v) is 16.5. The van der Waals surface area contributed by atoms with Gasteiger partial charge >= 0.3 is 0 Å². The molecule has 142 valence electrons. The summed E-state index contributed by atoms with van der Waals surface area (Å²) in [4.78, 5) is 22.4. The number of hydrogen-bond donors (Lipinski definition) is 2. The molecule has 0 rings (SSSR count). The first-order chi connectivity index (χ1) is 11.6. The van der Waals surface area contributed by atoms with E-state index in [4.69, 9.17) is 4.74 Å². The number of unbranched alkanes of at least 4 members (excludes halogenated alkanes) is 8. The largest absolute Gasteiger partial charge is 0.369 e. The first-order valence-electron chi connectivity index (χ1n) is 9.26. The van der Waals surface area contributed by atoms with Crippen LogP contribution in [0.25, 0.3) is 0 Å². The summed E-state index contributed by atoms with van der Waals surface area (Å²) >= 11 is 1.23. The number of nitrogens with one attached hydrogen (secondary N) is 2. The molecule has 0 aromatic heterocycles. The lowest BCUT2D eigenvalue weighted by atomic mass is 10.1. The fraction of sp³-hybridized carbons (Fsp3) is 0.889. The number of rotatable bonds is 15. The van der Waals surface area contributed by atoms with E-state index in [2.05, 4.69) is 10.6 Å². The van der Waals surface area contributed by atoms with Gasteiger partial charge in [0.1, 0.15) is 6.61 Å². The number of carbonyl (C=O) groups is 2. The Bertz CT molecular complexity index is 325. The summed E-state index contributed by atoms with van der Waals surface area (Å²) in [5, 5.41) is 5.82. The van der Waals surface area contributed by atoms with Crippen molar-refractivity contribution in [2.45, 2.75) is 77.7 Å². The van der Waals surface area contributed by atoms with Crippen molar-refractivity contribution in [3.63, 3.8) is 0 Å². The van der Waals surface area contributed by atoms with E-state index < -0.39 is 0 Å². The lowest BCUT2D eigenvalue weighted by Gasteiger charge is -2.08. The Morgan fingerprint density at radius 2 is 1.29 bits per heavy atom. The number of hydrogen-bond acceptors (Lipinski definition) is 4. The highest BCUT2D eigenvalue weighted by molar-refractivity contribution is 8.12. The van der Waals surface area contributed by atoms with Crippen LogP contribution in [-0.2, 0) is 9.53 Å². The maximum Gasteiger partial charge on any atom is 0.278 e. The fourth-order valence-corrected chi connectivity index (χ4v) is 2.52. The first-order valence-corrected chi connectivity index (χ1v) is 10.5. The molecule has 0 aliphatic carbocycles. The van der Waals surface area contributed by atoms with Gasteiger partial charge in [0.25, 0.3) is 5.24 Å². The van der Waals surface area contributed by atoms with E-state index in [-0.39, 0.29) is 23.9 Å². The smallest absolute Gasteiger partial charge is 0.278 e. The molecule has 6 heteroatoms. The van der Waals surface area contributed by atoms with Crippen LogP contribution < -0.4 is 10.6 Å². The number of carbonyl (C=O) groups excluding carboxylic acids is 2. The molecule has 0 aliphatic heterocycles. The predicted octanol–water partition coefficient (Wildman–Crippen LogP) is 4.11. The van der Waals surface area contributed by atoms with Gasteiger partial charge in [0.2, 0.25) is 5.91 Å². The van der Waals surface area contributed by atoms with Crippen molar-refractivity contribution in [1.82, 2.24) is 10.6 Å². The highest BCUT2D eigenvalue weighted by Crippen LogP contribution is 2.09. The number of thioether (sulfide) groups is 1. The monoisotopic (exact) mass is 360 g/mol. The van der Waals surface area contributed by atoms with Crippen LogP contribution in [0.15, 0.2) is 0 Å². The molecule has 2 N–H and O–H groups in total. The molecular weight excluding hydrogens is 324 g/mol. The fourth-order valence-electron chi connectivity index (χ4n) is 2.27. The quantitative estimate of drug-likeness (QED) is 0.431. The van der Waals surface area contributed by atoms with Crippen molar-refractivity contribution in [2.24, 2.45) is 0 Å². The molecular formula is C18H36N2O3S. The van der Waals surface area contributed by atoms with Gasteiger partial charge in [0.15, 0.2) is 0 Å². The van der Waals surface area contributed by atoms with Gasteiger partial charge in [-0.2, -0.15) is 0 Å². The van der Waals surface area contributed by atoms with E-state index in [1.165, 1.54) is 56.7 Å². The first kappa shape index (κ1) is 23.2. The summed E-state index contributed by atoms with van der Waals surface area (Å²) < 4.78 is 5.24. The molecule has 0 saturated heterocycles. The van der Waals surface area contributed by atoms with Crippen LogP contribution in [-0.4, -0.2) is 43.2 Å². The average molecular weight is 361 g/mol. The van der Waals surface area contributed by atoms with E-state index in [0.717, 1.165) is 25.9 Å². The van der Waals surface area contributed by atoms with Crippen molar-refractivity contribution in [1.29, 1.82) is 0 Å². The number of amides is 2. The highest BCUT2D eigenvalue weighted by atomic mass is 32.2. The second-order valence-corrected chi connectivity index (χ2v) is 7.09. The minimum Gasteiger partial charge on any atom is -0.369 e. The Labute approximate surface area is 152 Å². The van der Waals surface area contributed by atoms with Gasteiger partial charge in [-0.05, 0) is 32.9 Å². The topological polar surface area (TPSA) is 67.4 Å². The van der Waals surface area contributed by atoms with Gasteiger partial charge in [-0.3, -0.25) is 9.59 Å².